The third-order valence-electron chi connectivity index (χ3n) is 3.44. The molecule has 2 aromatic carbocycles. The second-order valence-corrected chi connectivity index (χ2v) is 4.92. The summed E-state index contributed by atoms with van der Waals surface area (Å²) in [4.78, 5) is 12.7. The van der Waals surface area contributed by atoms with Crippen molar-refractivity contribution in [1.29, 1.82) is 0 Å². The average Bonchev–Trinajstić information content (AvgIpc) is 2.47. The van der Waals surface area contributed by atoms with Crippen LogP contribution in [-0.2, 0) is 0 Å². The number of carbonyl (C=O) groups excluding carboxylic acids is 1. The zero-order valence-corrected chi connectivity index (χ0v) is 12.3. The maximum absolute atomic E-state index is 12.7. The van der Waals surface area contributed by atoms with Crippen LogP contribution in [0, 0.1) is 13.8 Å². The summed E-state index contributed by atoms with van der Waals surface area (Å²) in [6.45, 7) is 6.68. The molecule has 0 atom stereocenters. The molecular weight excluding hydrogens is 248 g/mol. The van der Waals surface area contributed by atoms with Gasteiger partial charge in [0.25, 0.3) is 0 Å². The van der Waals surface area contributed by atoms with Crippen LogP contribution >= 0.6 is 0 Å². The van der Waals surface area contributed by atoms with Gasteiger partial charge < -0.3 is 4.74 Å². The van der Waals surface area contributed by atoms with Gasteiger partial charge in [0.1, 0.15) is 5.75 Å². The van der Waals surface area contributed by atoms with Gasteiger partial charge in [-0.1, -0.05) is 37.3 Å². The van der Waals surface area contributed by atoms with Crippen molar-refractivity contribution in [2.75, 3.05) is 6.61 Å². The summed E-state index contributed by atoms with van der Waals surface area (Å²) < 4.78 is 5.68. The molecule has 0 amide bonds. The van der Waals surface area contributed by atoms with E-state index in [1.165, 1.54) is 0 Å². The Morgan fingerprint density at radius 3 is 2.45 bits per heavy atom. The van der Waals surface area contributed by atoms with Crippen LogP contribution in [-0.4, -0.2) is 12.4 Å². The van der Waals surface area contributed by atoms with Crippen molar-refractivity contribution in [2.45, 2.75) is 27.2 Å². The first-order chi connectivity index (χ1) is 9.65. The van der Waals surface area contributed by atoms with Gasteiger partial charge in [-0.05, 0) is 43.5 Å². The standard InChI is InChI=1S/C18H20O2/c1-4-12-20-17-11-6-5-9-16(17)18(19)15-10-7-8-13(2)14(15)3/h5-11H,4,12H2,1-3H3. The Hall–Kier alpha value is -2.09. The fourth-order valence-corrected chi connectivity index (χ4v) is 2.13. The topological polar surface area (TPSA) is 26.3 Å². The lowest BCUT2D eigenvalue weighted by atomic mass is 9.96. The van der Waals surface area contributed by atoms with Crippen LogP contribution in [0.4, 0.5) is 0 Å². The van der Waals surface area contributed by atoms with Crippen LogP contribution in [0.5, 0.6) is 5.75 Å². The Morgan fingerprint density at radius 1 is 1.00 bits per heavy atom. The van der Waals surface area contributed by atoms with E-state index >= 15 is 0 Å². The highest BCUT2D eigenvalue weighted by atomic mass is 16.5. The number of carbonyl (C=O) groups is 1. The third kappa shape index (κ3) is 2.90. The lowest BCUT2D eigenvalue weighted by Crippen LogP contribution is -2.08. The van der Waals surface area contributed by atoms with Gasteiger partial charge in [-0.2, -0.15) is 0 Å². The summed E-state index contributed by atoms with van der Waals surface area (Å²) in [6, 6.07) is 13.3. The molecule has 0 bridgehead atoms. The summed E-state index contributed by atoms with van der Waals surface area (Å²) in [5.41, 5.74) is 3.54. The maximum atomic E-state index is 12.7. The van der Waals surface area contributed by atoms with Crippen molar-refractivity contribution in [3.8, 4) is 5.75 Å². The number of para-hydroxylation sites is 1. The summed E-state index contributed by atoms with van der Waals surface area (Å²) in [5, 5.41) is 0. The van der Waals surface area contributed by atoms with Crippen molar-refractivity contribution in [1.82, 2.24) is 0 Å². The molecule has 0 aliphatic carbocycles. The number of hydrogen-bond acceptors (Lipinski definition) is 2. The van der Waals surface area contributed by atoms with E-state index in [0.29, 0.717) is 17.9 Å². The van der Waals surface area contributed by atoms with E-state index in [1.54, 1.807) is 0 Å². The van der Waals surface area contributed by atoms with Crippen LogP contribution in [0.15, 0.2) is 42.5 Å². The normalized spacial score (nSPS) is 10.3. The molecule has 2 heteroatoms. The van der Waals surface area contributed by atoms with Crippen molar-refractivity contribution in [3.63, 3.8) is 0 Å². The van der Waals surface area contributed by atoms with E-state index in [1.807, 2.05) is 56.3 Å². The highest BCUT2D eigenvalue weighted by Crippen LogP contribution is 2.24. The number of hydrogen-bond donors (Lipinski definition) is 0. The molecular formula is C18H20O2. The zero-order chi connectivity index (χ0) is 14.5. The minimum absolute atomic E-state index is 0.0258. The quantitative estimate of drug-likeness (QED) is 0.755. The van der Waals surface area contributed by atoms with Crippen molar-refractivity contribution in [3.05, 3.63) is 64.7 Å². The Morgan fingerprint density at radius 2 is 1.70 bits per heavy atom. The highest BCUT2D eigenvalue weighted by molar-refractivity contribution is 6.11. The molecule has 0 unspecified atom stereocenters. The van der Waals surface area contributed by atoms with Gasteiger partial charge in [0.05, 0.1) is 12.2 Å². The molecule has 2 nitrogen and oxygen atoms in total. The molecule has 0 N–H and O–H groups in total. The predicted octanol–water partition coefficient (Wildman–Crippen LogP) is 4.32. The molecule has 0 aromatic heterocycles. The Balaban J connectivity index is 2.40. The smallest absolute Gasteiger partial charge is 0.197 e. The first kappa shape index (κ1) is 14.3. The van der Waals surface area contributed by atoms with Crippen LogP contribution in [0.25, 0.3) is 0 Å². The van der Waals surface area contributed by atoms with E-state index in [-0.39, 0.29) is 5.78 Å². The van der Waals surface area contributed by atoms with Crippen LogP contribution in [0.1, 0.15) is 40.4 Å². The number of ketones is 1. The largest absolute Gasteiger partial charge is 0.493 e. The molecule has 0 aliphatic rings. The molecule has 2 aromatic rings. The molecule has 0 saturated carbocycles. The maximum Gasteiger partial charge on any atom is 0.197 e. The number of rotatable bonds is 5. The first-order valence-electron chi connectivity index (χ1n) is 6.98. The predicted molar refractivity (Wildman–Crippen MR) is 81.6 cm³/mol. The second kappa shape index (κ2) is 6.38. The molecule has 0 saturated heterocycles. The minimum atomic E-state index is 0.0258. The van der Waals surface area contributed by atoms with Gasteiger partial charge in [-0.3, -0.25) is 4.79 Å². The summed E-state index contributed by atoms with van der Waals surface area (Å²) in [6.07, 6.45) is 0.923. The monoisotopic (exact) mass is 268 g/mol. The SMILES string of the molecule is CCCOc1ccccc1C(=O)c1cccc(C)c1C. The van der Waals surface area contributed by atoms with Crippen molar-refractivity contribution in [2.24, 2.45) is 0 Å². The van der Waals surface area contributed by atoms with Crippen molar-refractivity contribution < 1.29 is 9.53 Å². The van der Waals surface area contributed by atoms with Gasteiger partial charge in [-0.25, -0.2) is 0 Å². The van der Waals surface area contributed by atoms with Gasteiger partial charge in [0.2, 0.25) is 0 Å². The molecule has 20 heavy (non-hydrogen) atoms. The number of benzene rings is 2. The Bertz CT molecular complexity index is 615. The number of ether oxygens (including phenoxy) is 1. The third-order valence-corrected chi connectivity index (χ3v) is 3.44. The average molecular weight is 268 g/mol. The summed E-state index contributed by atoms with van der Waals surface area (Å²) in [7, 11) is 0. The van der Waals surface area contributed by atoms with Crippen LogP contribution < -0.4 is 4.74 Å². The van der Waals surface area contributed by atoms with Crippen molar-refractivity contribution >= 4 is 5.78 Å². The van der Waals surface area contributed by atoms with E-state index in [2.05, 4.69) is 6.92 Å². The molecule has 0 radical (unpaired) electrons. The Labute approximate surface area is 120 Å². The fraction of sp³-hybridized carbons (Fsp3) is 0.278. The fourth-order valence-electron chi connectivity index (χ4n) is 2.13. The van der Waals surface area contributed by atoms with Gasteiger partial charge >= 0.3 is 0 Å². The van der Waals surface area contributed by atoms with E-state index in [4.69, 9.17) is 4.74 Å². The van der Waals surface area contributed by atoms with E-state index in [0.717, 1.165) is 23.1 Å². The van der Waals surface area contributed by atoms with Crippen LogP contribution in [0.2, 0.25) is 0 Å². The highest BCUT2D eigenvalue weighted by Gasteiger charge is 2.16. The minimum Gasteiger partial charge on any atom is -0.493 e. The van der Waals surface area contributed by atoms with Crippen LogP contribution in [0.3, 0.4) is 0 Å². The molecule has 104 valence electrons. The summed E-state index contributed by atoms with van der Waals surface area (Å²) in [5.74, 6) is 0.693. The molecule has 0 aliphatic heterocycles. The zero-order valence-electron chi connectivity index (χ0n) is 12.3. The van der Waals surface area contributed by atoms with E-state index in [9.17, 15) is 4.79 Å². The molecule has 0 spiro atoms. The first-order valence-corrected chi connectivity index (χ1v) is 6.98. The van der Waals surface area contributed by atoms with E-state index < -0.39 is 0 Å². The summed E-state index contributed by atoms with van der Waals surface area (Å²) >= 11 is 0. The lowest BCUT2D eigenvalue weighted by Gasteiger charge is -2.12. The van der Waals surface area contributed by atoms with Gasteiger partial charge in [0, 0.05) is 5.56 Å². The lowest BCUT2D eigenvalue weighted by molar-refractivity contribution is 0.103. The van der Waals surface area contributed by atoms with Gasteiger partial charge in [0.15, 0.2) is 5.78 Å². The second-order valence-electron chi connectivity index (χ2n) is 4.92. The molecule has 0 fully saturated rings. The molecule has 2 rings (SSSR count). The Kier molecular flexibility index (Phi) is 4.57. The number of aryl methyl sites for hydroxylation is 1. The van der Waals surface area contributed by atoms with Gasteiger partial charge in [-0.15, -0.1) is 0 Å². The molecule has 0 heterocycles.